The number of carbonyl (C=O) groups is 2. The number of benzene rings is 1. The monoisotopic (exact) mass is 253 g/mol. The molecule has 0 bridgehead atoms. The molecule has 5 heteroatoms. The maximum absolute atomic E-state index is 12.0. The summed E-state index contributed by atoms with van der Waals surface area (Å²) in [6, 6.07) is 8.86. The Morgan fingerprint density at radius 1 is 1.17 bits per heavy atom. The summed E-state index contributed by atoms with van der Waals surface area (Å²) in [4.78, 5) is 25.3. The second-order valence-electron chi connectivity index (χ2n) is 4.40. The number of Topliss-reactive ketones (excluding diaryl/α,β-unsaturated/α-hetero) is 1. The van der Waals surface area contributed by atoms with Crippen LogP contribution in [-0.2, 0) is 9.59 Å². The standard InChI is InChI=1S/C13H13NO3.Na/c1-13(2)11(16)10(8-15)12(17)14(13)9-6-4-3-5-7-9;/h3-8,15H,1-2H3;/q;+1/p-1/b10-8-;. The molecule has 0 radical (unpaired) electrons. The van der Waals surface area contributed by atoms with Crippen molar-refractivity contribution in [2.24, 2.45) is 0 Å². The molecule has 2 rings (SSSR count). The normalized spacial score (nSPS) is 20.1. The van der Waals surface area contributed by atoms with Crippen LogP contribution in [0.4, 0.5) is 5.69 Å². The third-order valence-electron chi connectivity index (χ3n) is 2.93. The summed E-state index contributed by atoms with van der Waals surface area (Å²) >= 11 is 0. The first kappa shape index (κ1) is 15.0. The van der Waals surface area contributed by atoms with E-state index in [0.717, 1.165) is 0 Å². The Bertz CT molecular complexity index is 508. The zero-order chi connectivity index (χ0) is 12.6. The smallest absolute Gasteiger partial charge is 0.877 e. The number of amides is 1. The van der Waals surface area contributed by atoms with Crippen LogP contribution in [0.15, 0.2) is 42.2 Å². The second-order valence-corrected chi connectivity index (χ2v) is 4.40. The van der Waals surface area contributed by atoms with E-state index in [-0.39, 0.29) is 35.1 Å². The molecule has 1 aliphatic heterocycles. The average molecular weight is 253 g/mol. The van der Waals surface area contributed by atoms with Crippen molar-refractivity contribution in [1.29, 1.82) is 0 Å². The Morgan fingerprint density at radius 3 is 2.17 bits per heavy atom. The van der Waals surface area contributed by atoms with Crippen molar-refractivity contribution in [2.45, 2.75) is 19.4 Å². The van der Waals surface area contributed by atoms with Gasteiger partial charge in [0.2, 0.25) is 0 Å². The van der Waals surface area contributed by atoms with E-state index in [4.69, 9.17) is 0 Å². The summed E-state index contributed by atoms with van der Waals surface area (Å²) in [5.41, 5.74) is -0.666. The van der Waals surface area contributed by atoms with Crippen molar-refractivity contribution in [3.8, 4) is 0 Å². The number of hydrogen-bond acceptors (Lipinski definition) is 3. The van der Waals surface area contributed by atoms with E-state index >= 15 is 0 Å². The summed E-state index contributed by atoms with van der Waals surface area (Å²) in [7, 11) is 0. The van der Waals surface area contributed by atoms with Gasteiger partial charge in [-0.2, -0.15) is 0 Å². The summed E-state index contributed by atoms with van der Waals surface area (Å²) in [6.45, 7) is 3.27. The van der Waals surface area contributed by atoms with Gasteiger partial charge < -0.3 is 5.11 Å². The van der Waals surface area contributed by atoms with Crippen LogP contribution in [0.5, 0.6) is 0 Å². The molecule has 1 aromatic rings. The quantitative estimate of drug-likeness (QED) is 0.243. The van der Waals surface area contributed by atoms with Gasteiger partial charge >= 0.3 is 29.6 Å². The van der Waals surface area contributed by atoms with Crippen molar-refractivity contribution in [3.05, 3.63) is 42.2 Å². The molecule has 18 heavy (non-hydrogen) atoms. The topological polar surface area (TPSA) is 60.4 Å². The molecule has 1 fully saturated rings. The largest absolute Gasteiger partial charge is 1.00 e. The van der Waals surface area contributed by atoms with Gasteiger partial charge in [-0.25, -0.2) is 0 Å². The van der Waals surface area contributed by atoms with Crippen LogP contribution in [-0.4, -0.2) is 17.2 Å². The molecule has 0 aromatic heterocycles. The molecule has 4 nitrogen and oxygen atoms in total. The maximum Gasteiger partial charge on any atom is 1.00 e. The van der Waals surface area contributed by atoms with E-state index in [1.54, 1.807) is 38.1 Å². The third-order valence-corrected chi connectivity index (χ3v) is 2.93. The zero-order valence-corrected chi connectivity index (χ0v) is 12.6. The number of hydrogen-bond donors (Lipinski definition) is 0. The summed E-state index contributed by atoms with van der Waals surface area (Å²) < 4.78 is 0. The van der Waals surface area contributed by atoms with Crippen molar-refractivity contribution in [3.63, 3.8) is 0 Å². The van der Waals surface area contributed by atoms with Gasteiger partial charge in [0.05, 0.1) is 5.57 Å². The van der Waals surface area contributed by atoms with Crippen LogP contribution in [0.2, 0.25) is 0 Å². The molecular formula is C13H12NNaO3. The van der Waals surface area contributed by atoms with E-state index in [1.165, 1.54) is 4.90 Å². The predicted molar refractivity (Wildman–Crippen MR) is 61.1 cm³/mol. The Morgan fingerprint density at radius 2 is 1.72 bits per heavy atom. The number of anilines is 1. The Kier molecular flexibility index (Phi) is 4.37. The zero-order valence-electron chi connectivity index (χ0n) is 10.6. The van der Waals surface area contributed by atoms with Gasteiger partial charge in [0, 0.05) is 5.69 Å². The van der Waals surface area contributed by atoms with Crippen LogP contribution in [0.1, 0.15) is 13.8 Å². The van der Waals surface area contributed by atoms with Gasteiger partial charge in [0.1, 0.15) is 5.54 Å². The van der Waals surface area contributed by atoms with Gasteiger partial charge in [-0.05, 0) is 26.0 Å². The minimum Gasteiger partial charge on any atom is -0.877 e. The first-order valence-corrected chi connectivity index (χ1v) is 5.26. The third kappa shape index (κ3) is 2.11. The molecule has 1 amide bonds. The van der Waals surface area contributed by atoms with E-state index in [9.17, 15) is 14.7 Å². The van der Waals surface area contributed by atoms with Gasteiger partial charge in [-0.3, -0.25) is 14.5 Å². The molecule has 1 heterocycles. The number of para-hydroxylation sites is 1. The fourth-order valence-electron chi connectivity index (χ4n) is 2.02. The summed E-state index contributed by atoms with van der Waals surface area (Å²) in [5.74, 6) is -0.956. The van der Waals surface area contributed by atoms with Crippen molar-refractivity contribution in [1.82, 2.24) is 0 Å². The summed E-state index contributed by atoms with van der Waals surface area (Å²) in [5, 5.41) is 10.8. The number of nitrogens with zero attached hydrogens (tertiary/aromatic N) is 1. The predicted octanol–water partition coefficient (Wildman–Crippen LogP) is -2.37. The van der Waals surface area contributed by atoms with Crippen LogP contribution in [0.25, 0.3) is 0 Å². The molecule has 1 saturated heterocycles. The molecular weight excluding hydrogens is 241 g/mol. The first-order chi connectivity index (χ1) is 8.00. The first-order valence-electron chi connectivity index (χ1n) is 5.26. The molecule has 0 spiro atoms. The van der Waals surface area contributed by atoms with Crippen molar-refractivity contribution in [2.75, 3.05) is 4.90 Å². The van der Waals surface area contributed by atoms with Gasteiger partial charge in [0.25, 0.3) is 5.91 Å². The van der Waals surface area contributed by atoms with E-state index in [2.05, 4.69) is 0 Å². The SMILES string of the molecule is CC1(C)C(=O)/C(=C/[O-])C(=O)N1c1ccccc1.[Na+]. The van der Waals surface area contributed by atoms with Gasteiger partial charge in [-0.1, -0.05) is 18.2 Å². The second kappa shape index (κ2) is 5.26. The Labute approximate surface area is 128 Å². The molecule has 0 N–H and O–H groups in total. The van der Waals surface area contributed by atoms with Crippen LogP contribution >= 0.6 is 0 Å². The van der Waals surface area contributed by atoms with Crippen molar-refractivity contribution >= 4 is 17.4 Å². The summed E-state index contributed by atoms with van der Waals surface area (Å²) in [6.07, 6.45) is 0.343. The average Bonchev–Trinajstić information content (AvgIpc) is 2.47. The number of rotatable bonds is 1. The molecule has 1 aliphatic rings. The Hall–Kier alpha value is -1.10. The van der Waals surface area contributed by atoms with Crippen LogP contribution in [0, 0.1) is 0 Å². The maximum atomic E-state index is 12.0. The molecule has 0 aliphatic carbocycles. The van der Waals surface area contributed by atoms with Gasteiger partial charge in [-0.15, -0.1) is 6.26 Å². The van der Waals surface area contributed by atoms with Crippen LogP contribution in [0.3, 0.4) is 0 Å². The minimum atomic E-state index is -1.01. The fraction of sp³-hybridized carbons (Fsp3) is 0.231. The minimum absolute atomic E-state index is 0. The van der Waals surface area contributed by atoms with E-state index in [0.29, 0.717) is 11.9 Å². The number of ketones is 1. The van der Waals surface area contributed by atoms with Crippen LogP contribution < -0.4 is 39.6 Å². The van der Waals surface area contributed by atoms with E-state index in [1.807, 2.05) is 6.07 Å². The van der Waals surface area contributed by atoms with Gasteiger partial charge in [0.15, 0.2) is 5.78 Å². The molecule has 88 valence electrons. The fourth-order valence-corrected chi connectivity index (χ4v) is 2.02. The molecule has 0 saturated carbocycles. The molecule has 0 atom stereocenters. The molecule has 1 aromatic carbocycles. The van der Waals surface area contributed by atoms with Crippen molar-refractivity contribution < 1.29 is 44.3 Å². The van der Waals surface area contributed by atoms with E-state index < -0.39 is 17.2 Å². The number of carbonyl (C=O) groups excluding carboxylic acids is 2. The molecule has 0 unspecified atom stereocenters. The Balaban J connectivity index is 0.00000162.